The van der Waals surface area contributed by atoms with Crippen LogP contribution in [0.1, 0.15) is 23.3 Å². The number of hydrogen-bond donors (Lipinski definition) is 2. The fourth-order valence-corrected chi connectivity index (χ4v) is 7.65. The Kier molecular flexibility index (Phi) is 9.05. The first-order valence-electron chi connectivity index (χ1n) is 12.2. The molecule has 0 atom stereocenters. The van der Waals surface area contributed by atoms with Crippen molar-refractivity contribution in [1.29, 1.82) is 0 Å². The molecular weight excluding hydrogens is 611 g/mol. The predicted molar refractivity (Wildman–Crippen MR) is 148 cm³/mol. The molecular formula is C26H25F5N2O5S3. The van der Waals surface area contributed by atoms with Gasteiger partial charge in [0.05, 0.1) is 50.3 Å². The zero-order valence-corrected chi connectivity index (χ0v) is 24.0. The van der Waals surface area contributed by atoms with E-state index in [0.29, 0.717) is 28.6 Å². The van der Waals surface area contributed by atoms with E-state index in [4.69, 9.17) is 0 Å². The van der Waals surface area contributed by atoms with Gasteiger partial charge in [-0.1, -0.05) is 24.0 Å². The fourth-order valence-electron chi connectivity index (χ4n) is 4.35. The number of thiophene rings is 1. The highest BCUT2D eigenvalue weighted by atomic mass is 32.2. The first-order chi connectivity index (χ1) is 19.1. The minimum absolute atomic E-state index is 0.000833. The number of ether oxygens (including phenoxy) is 1. The fraction of sp³-hybridized carbons (Fsp3) is 0.385. The van der Waals surface area contributed by atoms with Crippen molar-refractivity contribution in [2.75, 3.05) is 34.9 Å². The van der Waals surface area contributed by atoms with Gasteiger partial charge in [-0.25, -0.2) is 16.8 Å². The molecule has 0 aliphatic carbocycles. The van der Waals surface area contributed by atoms with Gasteiger partial charge in [-0.2, -0.15) is 22.0 Å². The van der Waals surface area contributed by atoms with Gasteiger partial charge < -0.3 is 15.4 Å². The lowest BCUT2D eigenvalue weighted by atomic mass is 10.1. The van der Waals surface area contributed by atoms with Gasteiger partial charge in [0, 0.05) is 18.4 Å². The van der Waals surface area contributed by atoms with E-state index in [2.05, 4.69) is 27.2 Å². The summed E-state index contributed by atoms with van der Waals surface area (Å²) in [6, 6.07) is 8.16. The van der Waals surface area contributed by atoms with Crippen molar-refractivity contribution in [2.24, 2.45) is 0 Å². The second-order valence-electron chi connectivity index (χ2n) is 9.42. The lowest BCUT2D eigenvalue weighted by molar-refractivity contribution is -0.127. The molecule has 0 amide bonds. The number of anilines is 2. The van der Waals surface area contributed by atoms with Gasteiger partial charge in [-0.15, -0.1) is 11.3 Å². The maximum atomic E-state index is 13.5. The molecule has 1 aliphatic rings. The summed E-state index contributed by atoms with van der Waals surface area (Å²) in [4.78, 5) is -0.0535. The number of fused-ring (bicyclic) bond motifs is 1. The van der Waals surface area contributed by atoms with Gasteiger partial charge >= 0.3 is 12.8 Å². The van der Waals surface area contributed by atoms with Crippen LogP contribution in [0.4, 0.5) is 33.3 Å². The van der Waals surface area contributed by atoms with E-state index in [0.717, 1.165) is 23.7 Å². The SMILES string of the molecule is CS(=O)(=O)c1ccc(NCC#Cc2sc3c(NC4CCS(=O)(=O)CC4)cccc3c2CC(F)(F)F)c(OC(F)F)c1. The number of rotatable bonds is 8. The predicted octanol–water partition coefficient (Wildman–Crippen LogP) is 5.46. The topological polar surface area (TPSA) is 102 Å². The molecule has 2 aromatic carbocycles. The Labute approximate surface area is 237 Å². The van der Waals surface area contributed by atoms with E-state index in [9.17, 15) is 38.8 Å². The smallest absolute Gasteiger partial charge is 0.393 e. The van der Waals surface area contributed by atoms with E-state index in [1.54, 1.807) is 18.2 Å². The third kappa shape index (κ3) is 8.23. The first kappa shape index (κ1) is 30.9. The molecule has 0 radical (unpaired) electrons. The van der Waals surface area contributed by atoms with E-state index in [-0.39, 0.29) is 45.1 Å². The average Bonchev–Trinajstić information content (AvgIpc) is 3.19. The van der Waals surface area contributed by atoms with Crippen molar-refractivity contribution in [1.82, 2.24) is 0 Å². The quantitative estimate of drug-likeness (QED) is 0.250. The van der Waals surface area contributed by atoms with Crippen LogP contribution in [0.5, 0.6) is 5.75 Å². The van der Waals surface area contributed by atoms with Gasteiger partial charge in [0.2, 0.25) is 0 Å². The molecule has 2 N–H and O–H groups in total. The summed E-state index contributed by atoms with van der Waals surface area (Å²) < 4.78 is 118. The van der Waals surface area contributed by atoms with Crippen LogP contribution < -0.4 is 15.4 Å². The summed E-state index contributed by atoms with van der Waals surface area (Å²) in [7, 11) is -6.78. The highest BCUT2D eigenvalue weighted by molar-refractivity contribution is 7.91. The second kappa shape index (κ2) is 12.0. The Morgan fingerprint density at radius 3 is 2.46 bits per heavy atom. The van der Waals surface area contributed by atoms with Gasteiger partial charge in [-0.3, -0.25) is 0 Å². The Balaban J connectivity index is 1.61. The Morgan fingerprint density at radius 1 is 1.12 bits per heavy atom. The summed E-state index contributed by atoms with van der Waals surface area (Å²) in [5.41, 5.74) is 0.616. The van der Waals surface area contributed by atoms with Gasteiger partial charge in [-0.05, 0) is 42.0 Å². The normalized spacial score (nSPS) is 15.9. The summed E-state index contributed by atoms with van der Waals surface area (Å²) in [5.74, 6) is 5.11. The maximum absolute atomic E-state index is 13.5. The Bertz CT molecular complexity index is 1690. The third-order valence-electron chi connectivity index (χ3n) is 6.28. The minimum atomic E-state index is -4.51. The van der Waals surface area contributed by atoms with Gasteiger partial charge in [0.25, 0.3) is 0 Å². The lowest BCUT2D eigenvalue weighted by Crippen LogP contribution is -2.32. The third-order valence-corrected chi connectivity index (χ3v) is 10.3. The Hall–Kier alpha value is -3.09. The van der Waals surface area contributed by atoms with Crippen LogP contribution in [0.15, 0.2) is 41.3 Å². The summed E-state index contributed by atoms with van der Waals surface area (Å²) in [6.45, 7) is -3.39. The maximum Gasteiger partial charge on any atom is 0.393 e. The first-order valence-corrected chi connectivity index (χ1v) is 16.7. The molecule has 2 heterocycles. The summed E-state index contributed by atoms with van der Waals surface area (Å²) >= 11 is 1.07. The Morgan fingerprint density at radius 2 is 1.83 bits per heavy atom. The van der Waals surface area contributed by atoms with Crippen molar-refractivity contribution in [3.8, 4) is 17.6 Å². The highest BCUT2D eigenvalue weighted by Gasteiger charge is 2.31. The molecule has 0 spiro atoms. The monoisotopic (exact) mass is 636 g/mol. The van der Waals surface area contributed by atoms with Gasteiger partial charge in [0.1, 0.15) is 9.84 Å². The van der Waals surface area contributed by atoms with Gasteiger partial charge in [0.15, 0.2) is 15.6 Å². The van der Waals surface area contributed by atoms with Crippen LogP contribution in [0.25, 0.3) is 10.1 Å². The van der Waals surface area contributed by atoms with Crippen LogP contribution in [0.2, 0.25) is 0 Å². The van der Waals surface area contributed by atoms with E-state index < -0.39 is 44.6 Å². The summed E-state index contributed by atoms with van der Waals surface area (Å²) in [6.07, 6.45) is -4.03. The number of alkyl halides is 5. The largest absolute Gasteiger partial charge is 0.433 e. The molecule has 0 bridgehead atoms. The number of sulfone groups is 2. The standard InChI is InChI=1S/C26H25F5N2O5S3/c1-40(34,35)17-7-8-20(22(14-17)38-25(27)28)32-11-3-6-23-19(15-26(29,30)31)18-4-2-5-21(24(18)39-23)33-16-9-12-41(36,37)13-10-16/h2,4-5,7-8,14,16,25,32-33H,9-13,15H2,1H3. The van der Waals surface area contributed by atoms with Crippen LogP contribution in [-0.2, 0) is 26.1 Å². The zero-order chi connectivity index (χ0) is 30.0. The average molecular weight is 637 g/mol. The van der Waals surface area contributed by atoms with E-state index in [1.807, 2.05) is 0 Å². The number of hydrogen-bond acceptors (Lipinski definition) is 8. The molecule has 7 nitrogen and oxygen atoms in total. The molecule has 4 rings (SSSR count). The number of benzene rings is 2. The van der Waals surface area contributed by atoms with Crippen molar-refractivity contribution in [3.05, 3.63) is 46.8 Å². The highest BCUT2D eigenvalue weighted by Crippen LogP contribution is 2.39. The van der Waals surface area contributed by atoms with E-state index >= 15 is 0 Å². The molecule has 1 aromatic heterocycles. The molecule has 1 fully saturated rings. The van der Waals surface area contributed by atoms with E-state index in [1.165, 1.54) is 12.1 Å². The van der Waals surface area contributed by atoms with Crippen LogP contribution in [-0.4, -0.2) is 60.0 Å². The molecule has 1 saturated heterocycles. The van der Waals surface area contributed by atoms with Crippen molar-refractivity contribution in [3.63, 3.8) is 0 Å². The minimum Gasteiger partial charge on any atom is -0.433 e. The molecule has 0 unspecified atom stereocenters. The van der Waals surface area contributed by atoms with Crippen molar-refractivity contribution >= 4 is 52.5 Å². The lowest BCUT2D eigenvalue weighted by Gasteiger charge is -2.24. The van der Waals surface area contributed by atoms with Crippen LogP contribution >= 0.6 is 11.3 Å². The van der Waals surface area contributed by atoms with Crippen molar-refractivity contribution < 1.29 is 43.5 Å². The molecule has 3 aromatic rings. The second-order valence-corrected chi connectivity index (χ2v) is 14.8. The molecule has 0 saturated carbocycles. The number of halogens is 5. The molecule has 222 valence electrons. The molecule has 41 heavy (non-hydrogen) atoms. The van der Waals surface area contributed by atoms with Crippen molar-refractivity contribution in [2.45, 2.75) is 43.0 Å². The molecule has 1 aliphatic heterocycles. The number of nitrogens with one attached hydrogen (secondary N) is 2. The molecule has 15 heteroatoms. The van der Waals surface area contributed by atoms with Crippen LogP contribution in [0.3, 0.4) is 0 Å². The zero-order valence-electron chi connectivity index (χ0n) is 21.5. The van der Waals surface area contributed by atoms with Crippen LogP contribution in [0, 0.1) is 11.8 Å². The summed E-state index contributed by atoms with van der Waals surface area (Å²) in [5, 5.41) is 6.39.